The molecule has 0 aliphatic heterocycles. The normalized spacial score (nSPS) is 12.8. The van der Waals surface area contributed by atoms with Gasteiger partial charge in [0, 0.05) is 25.8 Å². The third-order valence-corrected chi connectivity index (χ3v) is 2.41. The highest BCUT2D eigenvalue weighted by atomic mass is 16.3. The van der Waals surface area contributed by atoms with Gasteiger partial charge >= 0.3 is 0 Å². The molecule has 0 aromatic carbocycles. The molecule has 0 aliphatic rings. The van der Waals surface area contributed by atoms with E-state index in [0.717, 1.165) is 30.9 Å². The van der Waals surface area contributed by atoms with Crippen molar-refractivity contribution in [3.8, 4) is 0 Å². The number of aliphatic hydroxyl groups excluding tert-OH is 1. The van der Waals surface area contributed by atoms with E-state index in [0.29, 0.717) is 6.54 Å². The highest BCUT2D eigenvalue weighted by Crippen LogP contribution is 2.07. The molecule has 1 aromatic rings. The van der Waals surface area contributed by atoms with Crippen LogP contribution in [-0.2, 0) is 6.54 Å². The summed E-state index contributed by atoms with van der Waals surface area (Å²) in [6, 6.07) is 4.07. The maximum Gasteiger partial charge on any atom is 0.125 e. The van der Waals surface area contributed by atoms with E-state index in [1.165, 1.54) is 0 Å². The van der Waals surface area contributed by atoms with E-state index in [4.69, 9.17) is 0 Å². The summed E-state index contributed by atoms with van der Waals surface area (Å²) in [5, 5.41) is 12.5. The second-order valence-corrected chi connectivity index (χ2v) is 4.52. The van der Waals surface area contributed by atoms with Gasteiger partial charge in [-0.1, -0.05) is 13.0 Å². The summed E-state index contributed by atoms with van der Waals surface area (Å²) in [6.07, 6.45) is 2.69. The van der Waals surface area contributed by atoms with Gasteiger partial charge in [-0.15, -0.1) is 0 Å². The summed E-state index contributed by atoms with van der Waals surface area (Å²) in [4.78, 5) is 6.43. The van der Waals surface area contributed by atoms with E-state index in [9.17, 15) is 5.11 Å². The smallest absolute Gasteiger partial charge is 0.125 e. The average Bonchev–Trinajstić information content (AvgIpc) is 2.27. The molecular formula is C13H23N3O. The van der Waals surface area contributed by atoms with Gasteiger partial charge in [-0.3, -0.25) is 4.90 Å². The lowest BCUT2D eigenvalue weighted by atomic mass is 10.2. The van der Waals surface area contributed by atoms with Crippen molar-refractivity contribution < 1.29 is 5.11 Å². The second kappa shape index (κ2) is 7.25. The summed E-state index contributed by atoms with van der Waals surface area (Å²) < 4.78 is 0. The van der Waals surface area contributed by atoms with Gasteiger partial charge < -0.3 is 10.4 Å². The highest BCUT2D eigenvalue weighted by Gasteiger charge is 2.04. The Hall–Kier alpha value is -1.13. The Labute approximate surface area is 104 Å². The number of hydrogen-bond donors (Lipinski definition) is 2. The molecule has 1 aromatic heterocycles. The number of hydrogen-bond acceptors (Lipinski definition) is 4. The molecule has 0 saturated carbocycles. The van der Waals surface area contributed by atoms with E-state index in [-0.39, 0.29) is 6.10 Å². The minimum atomic E-state index is -0.293. The molecule has 2 N–H and O–H groups in total. The van der Waals surface area contributed by atoms with Gasteiger partial charge in [-0.2, -0.15) is 0 Å². The summed E-state index contributed by atoms with van der Waals surface area (Å²) >= 11 is 0. The molecule has 0 saturated heterocycles. The van der Waals surface area contributed by atoms with Crippen molar-refractivity contribution in [3.05, 3.63) is 23.9 Å². The summed E-state index contributed by atoms with van der Waals surface area (Å²) in [5.41, 5.74) is 1.16. The molecule has 0 radical (unpaired) electrons. The van der Waals surface area contributed by atoms with Crippen LogP contribution in [0.3, 0.4) is 0 Å². The number of aliphatic hydroxyl groups is 1. The zero-order valence-electron chi connectivity index (χ0n) is 11.0. The predicted molar refractivity (Wildman–Crippen MR) is 71.0 cm³/mol. The lowest BCUT2D eigenvalue weighted by Gasteiger charge is -2.18. The Balaban J connectivity index is 2.44. The Morgan fingerprint density at radius 3 is 2.76 bits per heavy atom. The summed E-state index contributed by atoms with van der Waals surface area (Å²) in [6.45, 7) is 6.37. The molecule has 1 rings (SSSR count). The maximum absolute atomic E-state index is 9.27. The van der Waals surface area contributed by atoms with Crippen LogP contribution in [-0.4, -0.2) is 41.2 Å². The van der Waals surface area contributed by atoms with Crippen molar-refractivity contribution in [2.24, 2.45) is 0 Å². The first-order chi connectivity index (χ1) is 8.11. The molecule has 4 nitrogen and oxygen atoms in total. The fraction of sp³-hybridized carbons (Fsp3) is 0.615. The zero-order valence-corrected chi connectivity index (χ0v) is 11.0. The predicted octanol–water partition coefficient (Wildman–Crippen LogP) is 1.72. The van der Waals surface area contributed by atoms with Crippen LogP contribution in [0.1, 0.15) is 25.8 Å². The maximum atomic E-state index is 9.27. The fourth-order valence-corrected chi connectivity index (χ4v) is 1.70. The van der Waals surface area contributed by atoms with Crippen LogP contribution in [0.2, 0.25) is 0 Å². The van der Waals surface area contributed by atoms with Crippen LogP contribution in [0.15, 0.2) is 18.3 Å². The lowest BCUT2D eigenvalue weighted by molar-refractivity contribution is 0.138. The van der Waals surface area contributed by atoms with Gasteiger partial charge in [0.1, 0.15) is 5.82 Å². The molecule has 0 spiro atoms. The van der Waals surface area contributed by atoms with Crippen LogP contribution in [0, 0.1) is 0 Å². The first-order valence-corrected chi connectivity index (χ1v) is 6.17. The Kier molecular flexibility index (Phi) is 5.94. The number of likely N-dealkylation sites (N-methyl/N-ethyl adjacent to an activating group) is 1. The zero-order chi connectivity index (χ0) is 12.7. The van der Waals surface area contributed by atoms with Crippen molar-refractivity contribution >= 4 is 5.82 Å². The summed E-state index contributed by atoms with van der Waals surface area (Å²) in [5.74, 6) is 0.925. The Morgan fingerprint density at radius 1 is 1.47 bits per heavy atom. The third-order valence-electron chi connectivity index (χ3n) is 2.41. The standard InChI is InChI=1S/C13H23N3O/c1-4-7-14-13-6-5-12(8-15-13)10-16(3)9-11(2)17/h5-6,8,11,17H,4,7,9-10H2,1-3H3,(H,14,15). The molecule has 1 atom stereocenters. The average molecular weight is 237 g/mol. The molecular weight excluding hydrogens is 214 g/mol. The van der Waals surface area contributed by atoms with Crippen molar-refractivity contribution in [2.45, 2.75) is 32.9 Å². The first-order valence-electron chi connectivity index (χ1n) is 6.17. The molecule has 1 heterocycles. The van der Waals surface area contributed by atoms with Crippen LogP contribution in [0.4, 0.5) is 5.82 Å². The number of nitrogens with zero attached hydrogens (tertiary/aromatic N) is 2. The minimum absolute atomic E-state index is 0.293. The van der Waals surface area contributed by atoms with Gasteiger partial charge in [0.15, 0.2) is 0 Å². The van der Waals surface area contributed by atoms with Gasteiger partial charge in [-0.05, 0) is 32.0 Å². The molecule has 17 heavy (non-hydrogen) atoms. The number of nitrogens with one attached hydrogen (secondary N) is 1. The van der Waals surface area contributed by atoms with Gasteiger partial charge in [-0.25, -0.2) is 4.98 Å². The van der Waals surface area contributed by atoms with Crippen molar-refractivity contribution in [1.29, 1.82) is 0 Å². The van der Waals surface area contributed by atoms with E-state index in [1.54, 1.807) is 6.92 Å². The molecule has 0 amide bonds. The molecule has 0 bridgehead atoms. The molecule has 0 aliphatic carbocycles. The minimum Gasteiger partial charge on any atom is -0.392 e. The van der Waals surface area contributed by atoms with Crippen molar-refractivity contribution in [1.82, 2.24) is 9.88 Å². The fourth-order valence-electron chi connectivity index (χ4n) is 1.70. The SMILES string of the molecule is CCCNc1ccc(CN(C)CC(C)O)cn1. The number of anilines is 1. The van der Waals surface area contributed by atoms with Crippen molar-refractivity contribution in [3.63, 3.8) is 0 Å². The van der Waals surface area contributed by atoms with Crippen LogP contribution in [0.25, 0.3) is 0 Å². The second-order valence-electron chi connectivity index (χ2n) is 4.52. The van der Waals surface area contributed by atoms with Crippen LogP contribution in [0.5, 0.6) is 0 Å². The van der Waals surface area contributed by atoms with Crippen LogP contribution >= 0.6 is 0 Å². The number of pyridine rings is 1. The third kappa shape index (κ3) is 5.65. The lowest BCUT2D eigenvalue weighted by Crippen LogP contribution is -2.26. The molecule has 4 heteroatoms. The molecule has 1 unspecified atom stereocenters. The largest absolute Gasteiger partial charge is 0.392 e. The Bertz CT molecular complexity index is 311. The van der Waals surface area contributed by atoms with Crippen LogP contribution < -0.4 is 5.32 Å². The molecule has 0 fully saturated rings. The van der Waals surface area contributed by atoms with Gasteiger partial charge in [0.2, 0.25) is 0 Å². The van der Waals surface area contributed by atoms with Crippen molar-refractivity contribution in [2.75, 3.05) is 25.5 Å². The number of aromatic nitrogens is 1. The van der Waals surface area contributed by atoms with E-state index < -0.39 is 0 Å². The van der Waals surface area contributed by atoms with E-state index in [2.05, 4.69) is 28.2 Å². The summed E-state index contributed by atoms with van der Waals surface area (Å²) in [7, 11) is 2.00. The van der Waals surface area contributed by atoms with E-state index in [1.807, 2.05) is 19.3 Å². The Morgan fingerprint density at radius 2 is 2.24 bits per heavy atom. The highest BCUT2D eigenvalue weighted by molar-refractivity contribution is 5.35. The first kappa shape index (κ1) is 13.9. The number of rotatable bonds is 7. The topological polar surface area (TPSA) is 48.4 Å². The van der Waals surface area contributed by atoms with Gasteiger partial charge in [0.25, 0.3) is 0 Å². The van der Waals surface area contributed by atoms with E-state index >= 15 is 0 Å². The molecule has 96 valence electrons. The van der Waals surface area contributed by atoms with Gasteiger partial charge in [0.05, 0.1) is 6.10 Å². The monoisotopic (exact) mass is 237 g/mol. The quantitative estimate of drug-likeness (QED) is 0.758.